The highest BCUT2D eigenvalue weighted by molar-refractivity contribution is 5.75. The van der Waals surface area contributed by atoms with Crippen molar-refractivity contribution in [3.05, 3.63) is 23.3 Å². The van der Waals surface area contributed by atoms with Crippen LogP contribution in [0.2, 0.25) is 0 Å². The summed E-state index contributed by atoms with van der Waals surface area (Å²) in [5.41, 5.74) is 4.69. The van der Waals surface area contributed by atoms with E-state index in [-0.39, 0.29) is 0 Å². The van der Waals surface area contributed by atoms with Crippen molar-refractivity contribution in [1.82, 2.24) is 15.4 Å². The number of benzene rings is 1. The molecule has 1 aromatic heterocycles. The van der Waals surface area contributed by atoms with Gasteiger partial charge >= 0.3 is 0 Å². The summed E-state index contributed by atoms with van der Waals surface area (Å²) >= 11 is 0. The number of aryl methyl sites for hydroxylation is 2. The molecule has 0 aliphatic rings. The van der Waals surface area contributed by atoms with E-state index in [2.05, 4.69) is 41.4 Å². The summed E-state index contributed by atoms with van der Waals surface area (Å²) < 4.78 is 0. The first-order valence-corrected chi connectivity index (χ1v) is 4.67. The van der Waals surface area contributed by atoms with Gasteiger partial charge in [0.05, 0.1) is 0 Å². The molecule has 0 spiro atoms. The Labute approximate surface area is 77.2 Å². The Morgan fingerprint density at radius 1 is 1.00 bits per heavy atom. The van der Waals surface area contributed by atoms with Gasteiger partial charge in [-0.15, -0.1) is 0 Å². The number of rotatable bonds is 2. The minimum Gasteiger partial charge on any atom is -0.197 e. The van der Waals surface area contributed by atoms with Crippen molar-refractivity contribution in [1.29, 1.82) is 0 Å². The van der Waals surface area contributed by atoms with Crippen LogP contribution in [0.5, 0.6) is 0 Å². The highest BCUT2D eigenvalue weighted by Gasteiger charge is 2.04. The SMILES string of the molecule is CCc1cc2n[nH]nc2cc1CC. The van der Waals surface area contributed by atoms with Gasteiger partial charge in [0.15, 0.2) is 0 Å². The number of hydrogen-bond acceptors (Lipinski definition) is 2. The molecule has 1 N–H and O–H groups in total. The Morgan fingerprint density at radius 3 is 1.85 bits per heavy atom. The molecule has 0 aliphatic carbocycles. The van der Waals surface area contributed by atoms with E-state index < -0.39 is 0 Å². The van der Waals surface area contributed by atoms with Gasteiger partial charge in [-0.1, -0.05) is 13.8 Å². The predicted octanol–water partition coefficient (Wildman–Crippen LogP) is 2.08. The summed E-state index contributed by atoms with van der Waals surface area (Å²) in [5.74, 6) is 0. The number of nitrogens with zero attached hydrogens (tertiary/aromatic N) is 2. The van der Waals surface area contributed by atoms with E-state index in [1.165, 1.54) is 11.1 Å². The first kappa shape index (κ1) is 8.23. The third-order valence-corrected chi connectivity index (χ3v) is 2.40. The molecular weight excluding hydrogens is 162 g/mol. The molecule has 68 valence electrons. The molecule has 3 heteroatoms. The largest absolute Gasteiger partial charge is 0.197 e. The smallest absolute Gasteiger partial charge is 0.113 e. The van der Waals surface area contributed by atoms with Gasteiger partial charge in [0.25, 0.3) is 0 Å². The van der Waals surface area contributed by atoms with E-state index in [0.717, 1.165) is 23.9 Å². The molecule has 0 radical (unpaired) electrons. The van der Waals surface area contributed by atoms with E-state index in [1.54, 1.807) is 0 Å². The van der Waals surface area contributed by atoms with Crippen LogP contribution in [-0.2, 0) is 12.8 Å². The molecule has 13 heavy (non-hydrogen) atoms. The van der Waals surface area contributed by atoms with Crippen molar-refractivity contribution in [3.63, 3.8) is 0 Å². The molecule has 0 aliphatic heterocycles. The molecule has 0 unspecified atom stereocenters. The monoisotopic (exact) mass is 175 g/mol. The second-order valence-corrected chi connectivity index (χ2v) is 3.14. The molecule has 2 aromatic rings. The van der Waals surface area contributed by atoms with Gasteiger partial charge in [0.2, 0.25) is 0 Å². The van der Waals surface area contributed by atoms with Crippen LogP contribution >= 0.6 is 0 Å². The third-order valence-electron chi connectivity index (χ3n) is 2.40. The molecule has 3 nitrogen and oxygen atoms in total. The maximum absolute atomic E-state index is 4.07. The first-order valence-electron chi connectivity index (χ1n) is 4.67. The van der Waals surface area contributed by atoms with Crippen LogP contribution in [0.1, 0.15) is 25.0 Å². The maximum atomic E-state index is 4.07. The normalized spacial score (nSPS) is 10.9. The van der Waals surface area contributed by atoms with Gasteiger partial charge in [0.1, 0.15) is 11.0 Å². The fraction of sp³-hybridized carbons (Fsp3) is 0.400. The van der Waals surface area contributed by atoms with Gasteiger partial charge in [-0.2, -0.15) is 15.4 Å². The number of fused-ring (bicyclic) bond motifs is 1. The van der Waals surface area contributed by atoms with Gasteiger partial charge in [0, 0.05) is 0 Å². The molecule has 0 amide bonds. The molecule has 2 rings (SSSR count). The van der Waals surface area contributed by atoms with E-state index in [0.29, 0.717) is 0 Å². The molecule has 0 saturated heterocycles. The number of aromatic nitrogens is 3. The average Bonchev–Trinajstić information content (AvgIpc) is 2.62. The quantitative estimate of drug-likeness (QED) is 0.759. The van der Waals surface area contributed by atoms with Gasteiger partial charge in [-0.3, -0.25) is 0 Å². The number of aromatic amines is 1. The van der Waals surface area contributed by atoms with Crippen molar-refractivity contribution in [3.8, 4) is 0 Å². The first-order chi connectivity index (χ1) is 6.35. The highest BCUT2D eigenvalue weighted by Crippen LogP contribution is 2.17. The summed E-state index contributed by atoms with van der Waals surface area (Å²) in [7, 11) is 0. The van der Waals surface area contributed by atoms with Gasteiger partial charge in [-0.25, -0.2) is 0 Å². The van der Waals surface area contributed by atoms with E-state index in [4.69, 9.17) is 0 Å². The Morgan fingerprint density at radius 2 is 1.46 bits per heavy atom. The summed E-state index contributed by atoms with van der Waals surface area (Å²) in [4.78, 5) is 0. The van der Waals surface area contributed by atoms with Crippen molar-refractivity contribution in [2.75, 3.05) is 0 Å². The topological polar surface area (TPSA) is 41.6 Å². The molecular formula is C10H13N3. The minimum absolute atomic E-state index is 0.967. The Hall–Kier alpha value is -1.38. The third kappa shape index (κ3) is 1.30. The zero-order chi connectivity index (χ0) is 9.26. The second kappa shape index (κ2) is 3.17. The Kier molecular flexibility index (Phi) is 2.00. The molecule has 0 saturated carbocycles. The molecule has 1 heterocycles. The summed E-state index contributed by atoms with van der Waals surface area (Å²) in [6.45, 7) is 4.33. The zero-order valence-corrected chi connectivity index (χ0v) is 7.96. The lowest BCUT2D eigenvalue weighted by Crippen LogP contribution is -1.90. The van der Waals surface area contributed by atoms with Gasteiger partial charge in [-0.05, 0) is 36.1 Å². The molecule has 1 aromatic carbocycles. The second-order valence-electron chi connectivity index (χ2n) is 3.14. The van der Waals surface area contributed by atoms with Crippen molar-refractivity contribution >= 4 is 11.0 Å². The fourth-order valence-corrected chi connectivity index (χ4v) is 1.63. The van der Waals surface area contributed by atoms with Crippen molar-refractivity contribution in [2.45, 2.75) is 26.7 Å². The van der Waals surface area contributed by atoms with E-state index >= 15 is 0 Å². The summed E-state index contributed by atoms with van der Waals surface area (Å²) in [6.07, 6.45) is 2.12. The van der Waals surface area contributed by atoms with Crippen LogP contribution in [0, 0.1) is 0 Å². The van der Waals surface area contributed by atoms with E-state index in [9.17, 15) is 0 Å². The number of nitrogens with one attached hydrogen (secondary N) is 1. The van der Waals surface area contributed by atoms with Crippen molar-refractivity contribution < 1.29 is 0 Å². The lowest BCUT2D eigenvalue weighted by molar-refractivity contribution is 0.959. The van der Waals surface area contributed by atoms with E-state index in [1.807, 2.05) is 0 Å². The zero-order valence-electron chi connectivity index (χ0n) is 7.96. The average molecular weight is 175 g/mol. The molecule has 0 atom stereocenters. The summed E-state index contributed by atoms with van der Waals surface area (Å²) in [6, 6.07) is 4.25. The van der Waals surface area contributed by atoms with Crippen LogP contribution in [0.25, 0.3) is 11.0 Å². The lowest BCUT2D eigenvalue weighted by atomic mass is 10.0. The van der Waals surface area contributed by atoms with Crippen LogP contribution in [-0.4, -0.2) is 15.4 Å². The predicted molar refractivity (Wildman–Crippen MR) is 52.6 cm³/mol. The molecule has 0 fully saturated rings. The fourth-order valence-electron chi connectivity index (χ4n) is 1.63. The van der Waals surface area contributed by atoms with Gasteiger partial charge < -0.3 is 0 Å². The maximum Gasteiger partial charge on any atom is 0.113 e. The standard InChI is InChI=1S/C10H13N3/c1-3-7-5-9-10(12-13-11-9)6-8(7)4-2/h5-6H,3-4H2,1-2H3,(H,11,12,13). The number of H-pyrrole nitrogens is 1. The Balaban J connectivity index is 2.67. The minimum atomic E-state index is 0.967. The summed E-state index contributed by atoms with van der Waals surface area (Å²) in [5, 5.41) is 10.8. The molecule has 0 bridgehead atoms. The van der Waals surface area contributed by atoms with Crippen LogP contribution in [0.3, 0.4) is 0 Å². The van der Waals surface area contributed by atoms with Crippen molar-refractivity contribution in [2.24, 2.45) is 0 Å². The Bertz CT molecular complexity index is 379. The number of hydrogen-bond donors (Lipinski definition) is 1. The van der Waals surface area contributed by atoms with Crippen LogP contribution in [0.15, 0.2) is 12.1 Å². The van der Waals surface area contributed by atoms with Crippen LogP contribution < -0.4 is 0 Å². The highest BCUT2D eigenvalue weighted by atomic mass is 15.3. The van der Waals surface area contributed by atoms with Crippen LogP contribution in [0.4, 0.5) is 0 Å². The lowest BCUT2D eigenvalue weighted by Gasteiger charge is -2.03.